The Morgan fingerprint density at radius 1 is 1.64 bits per heavy atom. The molecule has 58 valence electrons. The lowest BCUT2D eigenvalue weighted by atomic mass is 9.85. The summed E-state index contributed by atoms with van der Waals surface area (Å²) in [6.45, 7) is 2.11. The van der Waals surface area contributed by atoms with E-state index in [9.17, 15) is 0 Å². The van der Waals surface area contributed by atoms with Crippen molar-refractivity contribution in [3.05, 3.63) is 10.4 Å². The molecule has 0 bridgehead atoms. The Kier molecular flexibility index (Phi) is 2.83. The summed E-state index contributed by atoms with van der Waals surface area (Å²) in [5.41, 5.74) is 8.24. The third-order valence-corrected chi connectivity index (χ3v) is 2.42. The Bertz CT molecular complexity index is 177. The molecule has 1 aliphatic carbocycles. The molecule has 3 nitrogen and oxygen atoms in total. The van der Waals surface area contributed by atoms with Gasteiger partial charge in [0.15, 0.2) is 0 Å². The van der Waals surface area contributed by atoms with E-state index < -0.39 is 0 Å². The van der Waals surface area contributed by atoms with Gasteiger partial charge in [-0.05, 0) is 17.9 Å². The second-order valence-electron chi connectivity index (χ2n) is 3.17. The molecule has 0 aromatic rings. The number of azide groups is 1. The first-order valence-corrected chi connectivity index (χ1v) is 4.07. The largest absolute Gasteiger partial charge is 0.0904 e. The normalized spacial score (nSPS) is 36.6. The van der Waals surface area contributed by atoms with Crippen LogP contribution in [0.2, 0.25) is 5.82 Å². The Balaban J connectivity index is 2.56. The van der Waals surface area contributed by atoms with Crippen LogP contribution in [0.1, 0.15) is 26.2 Å². The van der Waals surface area contributed by atoms with Crippen LogP contribution in [0.25, 0.3) is 10.4 Å². The van der Waals surface area contributed by atoms with Crippen molar-refractivity contribution in [1.82, 2.24) is 0 Å². The van der Waals surface area contributed by atoms with Gasteiger partial charge < -0.3 is 0 Å². The first-order chi connectivity index (χ1) is 5.27. The number of hydrogen-bond acceptors (Lipinski definition) is 1. The third-order valence-electron chi connectivity index (χ3n) is 2.42. The lowest BCUT2D eigenvalue weighted by molar-refractivity contribution is 0.465. The topological polar surface area (TPSA) is 48.8 Å². The van der Waals surface area contributed by atoms with Crippen LogP contribution in [0.4, 0.5) is 0 Å². The highest BCUT2D eigenvalue weighted by molar-refractivity contribution is 6.11. The average molecular weight is 149 g/mol. The SMILES string of the molecule is [B]C1CC(CC)C(N=[N+]=[N-])C1. The molecule has 3 unspecified atom stereocenters. The van der Waals surface area contributed by atoms with Gasteiger partial charge in [-0.25, -0.2) is 0 Å². The first-order valence-electron chi connectivity index (χ1n) is 4.07. The van der Waals surface area contributed by atoms with Crippen molar-refractivity contribution < 1.29 is 0 Å². The van der Waals surface area contributed by atoms with Gasteiger partial charge in [0, 0.05) is 11.0 Å². The smallest absolute Gasteiger partial charge is 0.0699 e. The Hall–Kier alpha value is -0.625. The van der Waals surface area contributed by atoms with Crippen LogP contribution in [0.15, 0.2) is 5.11 Å². The lowest BCUT2D eigenvalue weighted by Crippen LogP contribution is -2.08. The van der Waals surface area contributed by atoms with E-state index in [4.69, 9.17) is 13.4 Å². The summed E-state index contributed by atoms with van der Waals surface area (Å²) in [6, 6.07) is 0.153. The molecule has 0 aromatic heterocycles. The summed E-state index contributed by atoms with van der Waals surface area (Å²) in [7, 11) is 5.74. The fourth-order valence-electron chi connectivity index (χ4n) is 1.79. The van der Waals surface area contributed by atoms with E-state index in [1.807, 2.05) is 0 Å². The van der Waals surface area contributed by atoms with Crippen molar-refractivity contribution in [2.75, 3.05) is 0 Å². The molecule has 0 heterocycles. The predicted octanol–water partition coefficient (Wildman–Crippen LogP) is 2.44. The van der Waals surface area contributed by atoms with Crippen LogP contribution in [0.5, 0.6) is 0 Å². The van der Waals surface area contributed by atoms with Crippen molar-refractivity contribution >= 4 is 7.85 Å². The lowest BCUT2D eigenvalue weighted by Gasteiger charge is -2.10. The molecule has 0 aromatic carbocycles. The minimum Gasteiger partial charge on any atom is -0.0904 e. The predicted molar refractivity (Wildman–Crippen MR) is 45.5 cm³/mol. The van der Waals surface area contributed by atoms with E-state index in [0.29, 0.717) is 5.92 Å². The maximum atomic E-state index is 8.24. The maximum absolute atomic E-state index is 8.24. The molecule has 1 saturated carbocycles. The molecule has 3 atom stereocenters. The minimum absolute atomic E-state index is 0.153. The first kappa shape index (κ1) is 8.47. The summed E-state index contributed by atoms with van der Waals surface area (Å²) in [5.74, 6) is 0.761. The molecule has 0 N–H and O–H groups in total. The van der Waals surface area contributed by atoms with Gasteiger partial charge in [-0.3, -0.25) is 0 Å². The van der Waals surface area contributed by atoms with E-state index in [1.54, 1.807) is 0 Å². The van der Waals surface area contributed by atoms with Gasteiger partial charge in [0.1, 0.15) is 0 Å². The zero-order valence-electron chi connectivity index (χ0n) is 6.77. The second kappa shape index (κ2) is 3.68. The van der Waals surface area contributed by atoms with Gasteiger partial charge in [0.05, 0.1) is 7.85 Å². The molecule has 0 amide bonds. The van der Waals surface area contributed by atoms with Gasteiger partial charge in [-0.15, -0.1) is 0 Å². The molecule has 2 radical (unpaired) electrons. The zero-order chi connectivity index (χ0) is 8.27. The van der Waals surface area contributed by atoms with Gasteiger partial charge >= 0.3 is 0 Å². The molecule has 11 heavy (non-hydrogen) atoms. The number of rotatable bonds is 2. The summed E-state index contributed by atoms with van der Waals surface area (Å²) in [4.78, 5) is 2.82. The molecule has 0 aliphatic heterocycles. The molecular formula is C7H12BN3. The minimum atomic E-state index is 0.153. The fraction of sp³-hybridized carbons (Fsp3) is 1.00. The van der Waals surface area contributed by atoms with Crippen molar-refractivity contribution in [2.24, 2.45) is 11.0 Å². The molecule has 4 heteroatoms. The van der Waals surface area contributed by atoms with E-state index in [0.717, 1.165) is 19.3 Å². The van der Waals surface area contributed by atoms with E-state index >= 15 is 0 Å². The number of nitrogens with zero attached hydrogens (tertiary/aromatic N) is 3. The Morgan fingerprint density at radius 2 is 2.36 bits per heavy atom. The van der Waals surface area contributed by atoms with Crippen molar-refractivity contribution in [3.8, 4) is 0 Å². The molecular weight excluding hydrogens is 137 g/mol. The molecule has 1 rings (SSSR count). The van der Waals surface area contributed by atoms with Gasteiger partial charge in [-0.1, -0.05) is 30.7 Å². The zero-order valence-corrected chi connectivity index (χ0v) is 6.77. The monoisotopic (exact) mass is 149 g/mol. The second-order valence-corrected chi connectivity index (χ2v) is 3.17. The highest BCUT2D eigenvalue weighted by Crippen LogP contribution is 2.37. The summed E-state index contributed by atoms with van der Waals surface area (Å²) in [6.07, 6.45) is 2.94. The molecule has 0 spiro atoms. The average Bonchev–Trinajstić information content (AvgIpc) is 2.32. The standard InChI is InChI=1S/C7H12BN3/c1-2-5-3-6(8)4-7(5)10-11-9/h5-7H,2-4H2,1H3. The van der Waals surface area contributed by atoms with Crippen molar-refractivity contribution in [1.29, 1.82) is 0 Å². The van der Waals surface area contributed by atoms with Gasteiger partial charge in [-0.2, -0.15) is 0 Å². The summed E-state index contributed by atoms with van der Waals surface area (Å²) >= 11 is 0. The summed E-state index contributed by atoms with van der Waals surface area (Å²) in [5, 5.41) is 3.73. The van der Waals surface area contributed by atoms with Crippen LogP contribution in [-0.2, 0) is 0 Å². The maximum Gasteiger partial charge on any atom is 0.0699 e. The van der Waals surface area contributed by atoms with Gasteiger partial charge in [0.25, 0.3) is 0 Å². The highest BCUT2D eigenvalue weighted by atomic mass is 15.2. The summed E-state index contributed by atoms with van der Waals surface area (Å²) < 4.78 is 0. The van der Waals surface area contributed by atoms with E-state index in [2.05, 4.69) is 16.9 Å². The van der Waals surface area contributed by atoms with Crippen LogP contribution < -0.4 is 0 Å². The quantitative estimate of drug-likeness (QED) is 0.250. The molecule has 0 saturated heterocycles. The Labute approximate surface area is 68.2 Å². The Morgan fingerprint density at radius 3 is 2.91 bits per heavy atom. The molecule has 1 aliphatic rings. The third kappa shape index (κ3) is 1.90. The molecule has 1 fully saturated rings. The highest BCUT2D eigenvalue weighted by Gasteiger charge is 2.29. The van der Waals surface area contributed by atoms with E-state index in [-0.39, 0.29) is 11.9 Å². The van der Waals surface area contributed by atoms with Crippen molar-refractivity contribution in [3.63, 3.8) is 0 Å². The fourth-order valence-corrected chi connectivity index (χ4v) is 1.79. The van der Waals surface area contributed by atoms with Gasteiger partial charge in [0.2, 0.25) is 0 Å². The van der Waals surface area contributed by atoms with E-state index in [1.165, 1.54) is 0 Å². The van der Waals surface area contributed by atoms with Crippen molar-refractivity contribution in [2.45, 2.75) is 38.0 Å². The van der Waals surface area contributed by atoms with Crippen LogP contribution in [-0.4, -0.2) is 13.9 Å². The number of hydrogen-bond donors (Lipinski definition) is 0. The van der Waals surface area contributed by atoms with Crippen LogP contribution in [0.3, 0.4) is 0 Å². The van der Waals surface area contributed by atoms with Crippen LogP contribution >= 0.6 is 0 Å². The van der Waals surface area contributed by atoms with Crippen LogP contribution in [0, 0.1) is 5.92 Å².